The summed E-state index contributed by atoms with van der Waals surface area (Å²) in [5.74, 6) is -1.80. The molecular formula is C11H9Cl. The zero-order valence-corrected chi connectivity index (χ0v) is 7.18. The van der Waals surface area contributed by atoms with Gasteiger partial charge in [-0.15, -0.1) is 11.6 Å². The van der Waals surface area contributed by atoms with Gasteiger partial charge in [-0.25, -0.2) is 0 Å². The smallest absolute Gasteiger partial charge is 0.0486 e. The Hall–Kier alpha value is -1.01. The monoisotopic (exact) mass is 178 g/mol. The van der Waals surface area contributed by atoms with Crippen molar-refractivity contribution in [1.82, 2.24) is 0 Å². The van der Waals surface area contributed by atoms with Crippen molar-refractivity contribution < 1.29 is 2.74 Å². The molecule has 0 saturated carbocycles. The highest BCUT2D eigenvalue weighted by Gasteiger charge is 1.96. The topological polar surface area (TPSA) is 0 Å². The molecule has 2 rings (SSSR count). The zero-order valence-electron chi connectivity index (χ0n) is 8.42. The molecule has 1 heteroatoms. The number of benzene rings is 2. The van der Waals surface area contributed by atoms with E-state index in [0.29, 0.717) is 5.56 Å². The van der Waals surface area contributed by atoms with Gasteiger partial charge in [0.15, 0.2) is 0 Å². The van der Waals surface area contributed by atoms with E-state index in [0.717, 1.165) is 10.8 Å². The van der Waals surface area contributed by atoms with Gasteiger partial charge in [0.25, 0.3) is 0 Å². The zero-order chi connectivity index (χ0) is 10.2. The maximum Gasteiger partial charge on any atom is 0.0486 e. The van der Waals surface area contributed by atoms with Gasteiger partial charge in [0, 0.05) is 8.57 Å². The molecule has 0 aliphatic carbocycles. The van der Waals surface area contributed by atoms with Gasteiger partial charge >= 0.3 is 0 Å². The van der Waals surface area contributed by atoms with Crippen LogP contribution in [-0.2, 0) is 5.83 Å². The molecule has 12 heavy (non-hydrogen) atoms. The molecule has 0 N–H and O–H groups in total. The molecule has 2 aromatic rings. The first-order chi connectivity index (χ1) is 6.59. The van der Waals surface area contributed by atoms with Crippen molar-refractivity contribution in [3.05, 3.63) is 48.0 Å². The fourth-order valence-corrected chi connectivity index (χ4v) is 1.47. The van der Waals surface area contributed by atoms with Crippen LogP contribution in [0, 0.1) is 0 Å². The van der Waals surface area contributed by atoms with Gasteiger partial charge < -0.3 is 0 Å². The SMILES string of the molecule is [2H]C([2H])(Cl)c1cccc2ccccc12. The summed E-state index contributed by atoms with van der Waals surface area (Å²) in [6.07, 6.45) is 0. The highest BCUT2D eigenvalue weighted by molar-refractivity contribution is 6.18. The van der Waals surface area contributed by atoms with Crippen molar-refractivity contribution in [3.8, 4) is 0 Å². The molecule has 0 saturated heterocycles. The number of rotatable bonds is 1. The minimum atomic E-state index is -1.80. The van der Waals surface area contributed by atoms with Crippen LogP contribution in [0.4, 0.5) is 0 Å². The molecule has 0 unspecified atom stereocenters. The van der Waals surface area contributed by atoms with Crippen molar-refractivity contribution in [2.24, 2.45) is 0 Å². The summed E-state index contributed by atoms with van der Waals surface area (Å²) in [6.45, 7) is 0. The lowest BCUT2D eigenvalue weighted by atomic mass is 10.1. The molecule has 0 aromatic heterocycles. The van der Waals surface area contributed by atoms with E-state index < -0.39 is 5.83 Å². The van der Waals surface area contributed by atoms with Crippen molar-refractivity contribution >= 4 is 22.4 Å². The fourth-order valence-electron chi connectivity index (χ4n) is 1.31. The largest absolute Gasteiger partial charge is 0.122 e. The summed E-state index contributed by atoms with van der Waals surface area (Å²) in [4.78, 5) is 0. The Morgan fingerprint density at radius 1 is 1.08 bits per heavy atom. The van der Waals surface area contributed by atoms with Crippen LogP contribution in [0.3, 0.4) is 0 Å². The second-order valence-electron chi connectivity index (χ2n) is 2.62. The number of fused-ring (bicyclic) bond motifs is 1. The summed E-state index contributed by atoms with van der Waals surface area (Å²) in [6, 6.07) is 13.1. The standard InChI is InChI=1S/C11H9Cl/c12-8-10-6-3-5-9-4-1-2-7-11(9)10/h1-7H,8H2/i8D2. The molecule has 0 atom stereocenters. The van der Waals surface area contributed by atoms with Crippen LogP contribution in [-0.4, -0.2) is 0 Å². The average molecular weight is 179 g/mol. The molecular weight excluding hydrogens is 168 g/mol. The van der Waals surface area contributed by atoms with Gasteiger partial charge in [0.1, 0.15) is 0 Å². The summed E-state index contributed by atoms with van der Waals surface area (Å²) in [5, 5.41) is 1.88. The van der Waals surface area contributed by atoms with Gasteiger partial charge in [0.2, 0.25) is 0 Å². The van der Waals surface area contributed by atoms with E-state index in [9.17, 15) is 0 Å². The van der Waals surface area contributed by atoms with Crippen LogP contribution in [0.1, 0.15) is 8.30 Å². The Bertz CT molecular complexity index is 455. The van der Waals surface area contributed by atoms with E-state index in [4.69, 9.17) is 14.3 Å². The van der Waals surface area contributed by atoms with Crippen LogP contribution in [0.2, 0.25) is 0 Å². The second kappa shape index (κ2) is 3.16. The van der Waals surface area contributed by atoms with Crippen LogP contribution in [0.25, 0.3) is 10.8 Å². The van der Waals surface area contributed by atoms with E-state index >= 15 is 0 Å². The first kappa shape index (κ1) is 5.60. The number of hydrogen-bond donors (Lipinski definition) is 0. The van der Waals surface area contributed by atoms with E-state index in [2.05, 4.69) is 0 Å². The molecule has 0 fully saturated rings. The highest BCUT2D eigenvalue weighted by atomic mass is 35.5. The Labute approximate surface area is 79.6 Å². The van der Waals surface area contributed by atoms with Crippen LogP contribution >= 0.6 is 11.6 Å². The maximum absolute atomic E-state index is 7.49. The Morgan fingerprint density at radius 2 is 1.83 bits per heavy atom. The molecule has 0 radical (unpaired) electrons. The maximum atomic E-state index is 7.49. The normalized spacial score (nSPS) is 14.1. The van der Waals surface area contributed by atoms with Crippen molar-refractivity contribution in [2.75, 3.05) is 0 Å². The highest BCUT2D eigenvalue weighted by Crippen LogP contribution is 2.19. The first-order valence-corrected chi connectivity index (χ1v) is 4.14. The van der Waals surface area contributed by atoms with Crippen LogP contribution < -0.4 is 0 Å². The Balaban J connectivity index is 2.78. The summed E-state index contributed by atoms with van der Waals surface area (Å²) in [5.41, 5.74) is 0.525. The minimum Gasteiger partial charge on any atom is -0.122 e. The quantitative estimate of drug-likeness (QED) is 0.586. The Kier molecular flexibility index (Phi) is 1.47. The molecule has 0 spiro atoms. The lowest BCUT2D eigenvalue weighted by molar-refractivity contribution is 1.45. The lowest BCUT2D eigenvalue weighted by Gasteiger charge is -2.01. The Morgan fingerprint density at radius 3 is 2.67 bits per heavy atom. The fraction of sp³-hybridized carbons (Fsp3) is 0.0909. The summed E-state index contributed by atoms with van der Waals surface area (Å²) >= 11 is 5.67. The molecule has 0 nitrogen and oxygen atoms in total. The molecule has 0 bridgehead atoms. The van der Waals surface area contributed by atoms with E-state index in [1.807, 2.05) is 36.4 Å². The van der Waals surface area contributed by atoms with E-state index in [1.54, 1.807) is 6.07 Å². The molecule has 0 aliphatic rings. The third-order valence-corrected chi connectivity index (χ3v) is 2.10. The van der Waals surface area contributed by atoms with Gasteiger partial charge in [0.05, 0.1) is 0 Å². The third kappa shape index (κ3) is 1.19. The van der Waals surface area contributed by atoms with E-state index in [-0.39, 0.29) is 0 Å². The predicted octanol–water partition coefficient (Wildman–Crippen LogP) is 3.58. The first-order valence-electron chi connectivity index (χ1n) is 4.76. The predicted molar refractivity (Wildman–Crippen MR) is 53.5 cm³/mol. The van der Waals surface area contributed by atoms with Crippen LogP contribution in [0.5, 0.6) is 0 Å². The average Bonchev–Trinajstić information content (AvgIpc) is 2.15. The van der Waals surface area contributed by atoms with Crippen molar-refractivity contribution in [2.45, 2.75) is 5.83 Å². The van der Waals surface area contributed by atoms with Gasteiger partial charge in [-0.1, -0.05) is 42.5 Å². The molecule has 0 aliphatic heterocycles. The minimum absolute atomic E-state index is 0.525. The molecule has 0 heterocycles. The van der Waals surface area contributed by atoms with Crippen molar-refractivity contribution in [1.29, 1.82) is 0 Å². The number of alkyl halides is 1. The second-order valence-corrected chi connectivity index (χ2v) is 2.81. The van der Waals surface area contributed by atoms with Gasteiger partial charge in [-0.05, 0) is 16.3 Å². The van der Waals surface area contributed by atoms with Gasteiger partial charge in [-0.2, -0.15) is 0 Å². The molecule has 0 amide bonds. The van der Waals surface area contributed by atoms with Crippen LogP contribution in [0.15, 0.2) is 42.5 Å². The third-order valence-electron chi connectivity index (χ3n) is 1.89. The molecule has 2 aromatic carbocycles. The van der Waals surface area contributed by atoms with Crippen molar-refractivity contribution in [3.63, 3.8) is 0 Å². The number of hydrogen-bond acceptors (Lipinski definition) is 0. The summed E-state index contributed by atoms with van der Waals surface area (Å²) < 4.78 is 15.0. The molecule has 60 valence electrons. The van der Waals surface area contributed by atoms with Gasteiger partial charge in [-0.3, -0.25) is 0 Å². The number of halogens is 1. The van der Waals surface area contributed by atoms with E-state index in [1.165, 1.54) is 0 Å². The lowest BCUT2D eigenvalue weighted by Crippen LogP contribution is -1.79. The summed E-state index contributed by atoms with van der Waals surface area (Å²) in [7, 11) is 0.